The lowest BCUT2D eigenvalue weighted by atomic mass is 9.85. The van der Waals surface area contributed by atoms with Gasteiger partial charge in [-0.3, -0.25) is 9.59 Å². The molecule has 1 saturated heterocycles. The molecule has 0 saturated carbocycles. The van der Waals surface area contributed by atoms with E-state index in [1.807, 2.05) is 41.5 Å². The topological polar surface area (TPSA) is 115 Å². The minimum atomic E-state index is -0.843. The molecule has 1 aromatic rings. The van der Waals surface area contributed by atoms with Gasteiger partial charge in [0.15, 0.2) is 11.5 Å². The summed E-state index contributed by atoms with van der Waals surface area (Å²) < 4.78 is 22.0. The largest absolute Gasteiger partial charge is 0.493 e. The fourth-order valence-corrected chi connectivity index (χ4v) is 4.95. The molecule has 0 spiro atoms. The maximum Gasteiger partial charge on any atom is 0.410 e. The Bertz CT molecular complexity index is 990. The van der Waals surface area contributed by atoms with Crippen LogP contribution in [0.5, 0.6) is 11.5 Å². The van der Waals surface area contributed by atoms with E-state index >= 15 is 0 Å². The molecule has 1 heterocycles. The Kier molecular flexibility index (Phi) is 12.5. The van der Waals surface area contributed by atoms with Crippen molar-refractivity contribution in [2.45, 2.75) is 72.4 Å². The molecule has 3 atom stereocenters. The van der Waals surface area contributed by atoms with Crippen LogP contribution in [-0.4, -0.2) is 91.6 Å². The second-order valence-corrected chi connectivity index (χ2v) is 11.7. The van der Waals surface area contributed by atoms with Crippen LogP contribution in [0.25, 0.3) is 0 Å². The number of carbonyl (C=O) groups is 3. The van der Waals surface area contributed by atoms with Gasteiger partial charge in [0.1, 0.15) is 5.60 Å². The molecule has 1 aliphatic heterocycles. The maximum absolute atomic E-state index is 13.8. The summed E-state index contributed by atoms with van der Waals surface area (Å²) in [6, 6.07) is 5.01. The molecule has 10 nitrogen and oxygen atoms in total. The average Bonchev–Trinajstić information content (AvgIpc) is 3.29. The molecule has 2 rings (SSSR count). The maximum atomic E-state index is 13.8. The molecule has 0 bridgehead atoms. The van der Waals surface area contributed by atoms with Crippen LogP contribution in [0.1, 0.15) is 71.2 Å². The van der Waals surface area contributed by atoms with Gasteiger partial charge in [0, 0.05) is 51.4 Å². The third-order valence-electron chi connectivity index (χ3n) is 7.13. The van der Waals surface area contributed by atoms with Gasteiger partial charge in [0.2, 0.25) is 0 Å². The monoisotopic (exact) mass is 564 g/mol. The van der Waals surface area contributed by atoms with Gasteiger partial charge in [-0.1, -0.05) is 6.92 Å². The molecule has 1 aromatic carbocycles. The zero-order chi connectivity index (χ0) is 30.0. The number of hydrogen-bond donors (Lipinski definition) is 1. The summed E-state index contributed by atoms with van der Waals surface area (Å²) >= 11 is 0. The number of carbonyl (C=O) groups excluding carboxylic acids is 2. The first kappa shape index (κ1) is 33.2. The Morgan fingerprint density at radius 3 is 2.30 bits per heavy atom. The number of likely N-dealkylation sites (tertiary alicyclic amines) is 1. The van der Waals surface area contributed by atoms with Gasteiger partial charge in [0.25, 0.3) is 5.91 Å². The minimum Gasteiger partial charge on any atom is -0.493 e. The molecule has 226 valence electrons. The lowest BCUT2D eigenvalue weighted by molar-refractivity contribution is -0.142. The quantitative estimate of drug-likeness (QED) is 0.316. The summed E-state index contributed by atoms with van der Waals surface area (Å²) in [6.45, 7) is 13.4. The molecular formula is C30H48N2O8. The van der Waals surface area contributed by atoms with E-state index < -0.39 is 23.6 Å². The zero-order valence-electron chi connectivity index (χ0n) is 25.4. The Balaban J connectivity index is 2.30. The van der Waals surface area contributed by atoms with E-state index in [2.05, 4.69) is 0 Å². The third-order valence-corrected chi connectivity index (χ3v) is 7.13. The molecule has 1 aliphatic rings. The van der Waals surface area contributed by atoms with Crippen molar-refractivity contribution >= 4 is 18.0 Å². The summed E-state index contributed by atoms with van der Waals surface area (Å²) in [5.74, 6) is -0.699. The van der Waals surface area contributed by atoms with Gasteiger partial charge < -0.3 is 33.9 Å². The third kappa shape index (κ3) is 9.57. The van der Waals surface area contributed by atoms with E-state index in [1.165, 1.54) is 0 Å². The summed E-state index contributed by atoms with van der Waals surface area (Å²) in [4.78, 5) is 42.0. The number of benzene rings is 1. The number of amides is 2. The van der Waals surface area contributed by atoms with Gasteiger partial charge in [0.05, 0.1) is 19.6 Å². The first-order valence-corrected chi connectivity index (χ1v) is 14.1. The number of rotatable bonds is 14. The van der Waals surface area contributed by atoms with Crippen molar-refractivity contribution in [2.75, 3.05) is 47.1 Å². The summed E-state index contributed by atoms with van der Waals surface area (Å²) in [7, 11) is 3.18. The molecule has 10 heteroatoms. The molecule has 1 fully saturated rings. The number of carboxylic acid groups (broad SMARTS) is 1. The zero-order valence-corrected chi connectivity index (χ0v) is 25.4. The Morgan fingerprint density at radius 2 is 1.75 bits per heavy atom. The van der Waals surface area contributed by atoms with Gasteiger partial charge in [-0.25, -0.2) is 4.79 Å². The molecule has 40 heavy (non-hydrogen) atoms. The highest BCUT2D eigenvalue weighted by Crippen LogP contribution is 2.34. The van der Waals surface area contributed by atoms with Crippen LogP contribution in [0.4, 0.5) is 4.79 Å². The summed E-state index contributed by atoms with van der Waals surface area (Å²) in [5, 5.41) is 9.72. The molecule has 0 aromatic heterocycles. The van der Waals surface area contributed by atoms with Crippen molar-refractivity contribution in [3.8, 4) is 11.5 Å². The van der Waals surface area contributed by atoms with Crippen LogP contribution in [0.15, 0.2) is 18.2 Å². The van der Waals surface area contributed by atoms with Crippen molar-refractivity contribution in [2.24, 2.45) is 17.8 Å². The number of aliphatic carboxylic acids is 1. The Hall–Kier alpha value is -3.01. The molecular weight excluding hydrogens is 516 g/mol. The summed E-state index contributed by atoms with van der Waals surface area (Å²) in [6.07, 6.45) is 1.20. The van der Waals surface area contributed by atoms with Crippen molar-refractivity contribution < 1.29 is 38.4 Å². The van der Waals surface area contributed by atoms with Crippen LogP contribution in [0.2, 0.25) is 0 Å². The van der Waals surface area contributed by atoms with Crippen LogP contribution in [-0.2, 0) is 14.3 Å². The van der Waals surface area contributed by atoms with Gasteiger partial charge in [-0.2, -0.15) is 0 Å². The fraction of sp³-hybridized carbons (Fsp3) is 0.700. The van der Waals surface area contributed by atoms with Crippen molar-refractivity contribution in [1.29, 1.82) is 0 Å². The number of nitrogens with zero attached hydrogens (tertiary/aromatic N) is 2. The highest BCUT2D eigenvalue weighted by atomic mass is 16.6. The second-order valence-electron chi connectivity index (χ2n) is 11.7. The van der Waals surface area contributed by atoms with Crippen LogP contribution in [0, 0.1) is 17.8 Å². The van der Waals surface area contributed by atoms with Crippen LogP contribution >= 0.6 is 0 Å². The molecule has 2 amide bonds. The molecule has 0 radical (unpaired) electrons. The highest BCUT2D eigenvalue weighted by molar-refractivity contribution is 5.95. The highest BCUT2D eigenvalue weighted by Gasteiger charge is 2.40. The predicted octanol–water partition coefficient (Wildman–Crippen LogP) is 4.95. The average molecular weight is 565 g/mol. The predicted molar refractivity (Wildman–Crippen MR) is 152 cm³/mol. The van der Waals surface area contributed by atoms with E-state index in [4.69, 9.17) is 18.9 Å². The number of hydrogen-bond acceptors (Lipinski definition) is 7. The van der Waals surface area contributed by atoms with Gasteiger partial charge in [-0.15, -0.1) is 0 Å². The van der Waals surface area contributed by atoms with E-state index in [0.717, 1.165) is 0 Å². The fourth-order valence-electron chi connectivity index (χ4n) is 4.95. The Morgan fingerprint density at radius 1 is 1.07 bits per heavy atom. The standard InChI is InChI=1S/C30H48N2O8/c1-9-21(28(34)35)15-23-17-31(29(36)40-30(4,5)6)18-24(23)19-32(20(2)3)27(33)22-11-12-25(38-8)26(16-22)39-14-10-13-37-7/h11-12,16,20-21,23-24H,9-10,13-15,17-19H2,1-8H3,(H,34,35)/t21?,23-,24+/m1/s1. The first-order chi connectivity index (χ1) is 18.8. The minimum absolute atomic E-state index is 0.0850. The lowest BCUT2D eigenvalue weighted by Gasteiger charge is -2.32. The van der Waals surface area contributed by atoms with Crippen LogP contribution < -0.4 is 9.47 Å². The lowest BCUT2D eigenvalue weighted by Crippen LogP contribution is -2.42. The van der Waals surface area contributed by atoms with Gasteiger partial charge in [-0.05, 0) is 77.5 Å². The second kappa shape index (κ2) is 15.1. The molecule has 1 unspecified atom stereocenters. The van der Waals surface area contributed by atoms with E-state index in [-0.39, 0.29) is 23.8 Å². The first-order valence-electron chi connectivity index (χ1n) is 14.1. The summed E-state index contributed by atoms with van der Waals surface area (Å²) in [5.41, 5.74) is -0.179. The Labute approximate surface area is 238 Å². The number of ether oxygens (including phenoxy) is 4. The van der Waals surface area contributed by atoms with Crippen molar-refractivity contribution in [1.82, 2.24) is 9.80 Å². The van der Waals surface area contributed by atoms with Crippen molar-refractivity contribution in [3.05, 3.63) is 23.8 Å². The van der Waals surface area contributed by atoms with Crippen molar-refractivity contribution in [3.63, 3.8) is 0 Å². The van der Waals surface area contributed by atoms with Crippen LogP contribution in [0.3, 0.4) is 0 Å². The smallest absolute Gasteiger partial charge is 0.410 e. The number of methoxy groups -OCH3 is 2. The van der Waals surface area contributed by atoms with E-state index in [9.17, 15) is 19.5 Å². The number of carboxylic acids is 1. The molecule has 0 aliphatic carbocycles. The van der Waals surface area contributed by atoms with Gasteiger partial charge >= 0.3 is 12.1 Å². The SMILES string of the molecule is CCC(C[C@@H]1CN(C(=O)OC(C)(C)C)C[C@H]1CN(C(=O)c1ccc(OC)c(OCCCOC)c1)C(C)C)C(=O)O. The molecule has 1 N–H and O–H groups in total. The van der Waals surface area contributed by atoms with E-state index in [1.54, 1.807) is 42.2 Å². The normalized spacial score (nSPS) is 18.0. The van der Waals surface area contributed by atoms with E-state index in [0.29, 0.717) is 69.2 Å².